The molecule has 27 heavy (non-hydrogen) atoms. The zero-order valence-corrected chi connectivity index (χ0v) is 16.1. The number of thiophene rings is 1. The summed E-state index contributed by atoms with van der Waals surface area (Å²) in [7, 11) is 0. The molecule has 2 amide bonds. The number of carbonyl (C=O) groups excluding carboxylic acids is 2. The van der Waals surface area contributed by atoms with Crippen LogP contribution in [-0.2, 0) is 11.3 Å². The lowest BCUT2D eigenvalue weighted by molar-refractivity contribution is -0.131. The van der Waals surface area contributed by atoms with Crippen LogP contribution in [0.2, 0.25) is 4.34 Å². The van der Waals surface area contributed by atoms with Gasteiger partial charge in [-0.2, -0.15) is 0 Å². The van der Waals surface area contributed by atoms with Crippen molar-refractivity contribution in [1.82, 2.24) is 10.2 Å². The normalized spacial score (nSPS) is 10.5. The lowest BCUT2D eigenvalue weighted by Crippen LogP contribution is -2.31. The quantitative estimate of drug-likeness (QED) is 0.490. The lowest BCUT2D eigenvalue weighted by Gasteiger charge is -2.20. The molecule has 2 aromatic rings. The Morgan fingerprint density at radius 3 is 2.67 bits per heavy atom. The zero-order valence-electron chi connectivity index (χ0n) is 14.5. The minimum Gasteiger partial charge on any atom is -0.352 e. The van der Waals surface area contributed by atoms with Crippen LogP contribution in [0.4, 0.5) is 8.78 Å². The van der Waals surface area contributed by atoms with Gasteiger partial charge < -0.3 is 10.2 Å². The van der Waals surface area contributed by atoms with E-state index in [-0.39, 0.29) is 24.4 Å². The summed E-state index contributed by atoms with van der Waals surface area (Å²) in [5, 5.41) is 2.53. The Kier molecular flexibility index (Phi) is 7.94. The first-order chi connectivity index (χ1) is 12.9. The molecule has 1 aromatic heterocycles. The number of benzene rings is 1. The molecule has 0 aliphatic heterocycles. The van der Waals surface area contributed by atoms with Gasteiger partial charge in [0.15, 0.2) is 0 Å². The molecule has 0 spiro atoms. The molecule has 1 aromatic carbocycles. The van der Waals surface area contributed by atoms with Gasteiger partial charge in [0.2, 0.25) is 5.91 Å². The molecule has 0 atom stereocenters. The van der Waals surface area contributed by atoms with Crippen LogP contribution in [0.3, 0.4) is 0 Å². The summed E-state index contributed by atoms with van der Waals surface area (Å²) in [5.41, 5.74) is -0.231. The molecule has 0 radical (unpaired) electrons. The van der Waals surface area contributed by atoms with Crippen molar-refractivity contribution in [3.8, 4) is 0 Å². The minimum atomic E-state index is -0.921. The van der Waals surface area contributed by atoms with Crippen molar-refractivity contribution < 1.29 is 18.4 Å². The minimum absolute atomic E-state index is 0.0818. The van der Waals surface area contributed by atoms with Crippen molar-refractivity contribution in [2.75, 3.05) is 13.1 Å². The Bertz CT molecular complexity index is 826. The molecule has 0 aliphatic carbocycles. The second-order valence-electron chi connectivity index (χ2n) is 5.75. The molecule has 0 saturated heterocycles. The average Bonchev–Trinajstić information content (AvgIpc) is 3.03. The third-order valence-corrected chi connectivity index (χ3v) is 4.92. The molecule has 144 valence electrons. The highest BCUT2D eigenvalue weighted by atomic mass is 35.5. The van der Waals surface area contributed by atoms with Crippen molar-refractivity contribution >= 4 is 34.8 Å². The number of halogens is 3. The molecule has 4 nitrogen and oxygen atoms in total. The van der Waals surface area contributed by atoms with E-state index >= 15 is 0 Å². The van der Waals surface area contributed by atoms with E-state index in [9.17, 15) is 18.4 Å². The SMILES string of the molecule is C=CCN(Cc1ccc(Cl)s1)C(=O)CCCNC(=O)c1ccc(F)cc1F. The van der Waals surface area contributed by atoms with Crippen LogP contribution in [-0.4, -0.2) is 29.8 Å². The summed E-state index contributed by atoms with van der Waals surface area (Å²) in [6, 6.07) is 6.41. The second-order valence-corrected chi connectivity index (χ2v) is 7.55. The fourth-order valence-electron chi connectivity index (χ4n) is 2.40. The predicted octanol–water partition coefficient (Wildman–Crippen LogP) is 4.40. The summed E-state index contributed by atoms with van der Waals surface area (Å²) < 4.78 is 27.1. The van der Waals surface area contributed by atoms with Gasteiger partial charge in [-0.25, -0.2) is 8.78 Å². The van der Waals surface area contributed by atoms with E-state index in [1.165, 1.54) is 11.3 Å². The van der Waals surface area contributed by atoms with Crippen molar-refractivity contribution in [3.05, 3.63) is 69.4 Å². The van der Waals surface area contributed by atoms with Gasteiger partial charge >= 0.3 is 0 Å². The Morgan fingerprint density at radius 1 is 1.26 bits per heavy atom. The van der Waals surface area contributed by atoms with Crippen LogP contribution < -0.4 is 5.32 Å². The van der Waals surface area contributed by atoms with Crippen LogP contribution in [0, 0.1) is 11.6 Å². The number of rotatable bonds is 9. The van der Waals surface area contributed by atoms with Crippen molar-refractivity contribution in [3.63, 3.8) is 0 Å². The van der Waals surface area contributed by atoms with E-state index in [0.29, 0.717) is 29.9 Å². The van der Waals surface area contributed by atoms with Crippen molar-refractivity contribution in [1.29, 1.82) is 0 Å². The maximum Gasteiger partial charge on any atom is 0.254 e. The number of nitrogens with zero attached hydrogens (tertiary/aromatic N) is 1. The van der Waals surface area contributed by atoms with Gasteiger partial charge in [-0.1, -0.05) is 17.7 Å². The van der Waals surface area contributed by atoms with E-state index in [2.05, 4.69) is 11.9 Å². The average molecular weight is 413 g/mol. The van der Waals surface area contributed by atoms with Crippen LogP contribution in [0.5, 0.6) is 0 Å². The summed E-state index contributed by atoms with van der Waals surface area (Å²) in [4.78, 5) is 26.9. The number of nitrogens with one attached hydrogen (secondary N) is 1. The second kappa shape index (κ2) is 10.2. The van der Waals surface area contributed by atoms with E-state index in [0.717, 1.165) is 17.0 Å². The number of carbonyl (C=O) groups is 2. The highest BCUT2D eigenvalue weighted by molar-refractivity contribution is 7.16. The Labute approximate surface area is 165 Å². The zero-order chi connectivity index (χ0) is 19.8. The van der Waals surface area contributed by atoms with Gasteiger partial charge in [0.1, 0.15) is 11.6 Å². The lowest BCUT2D eigenvalue weighted by atomic mass is 10.2. The van der Waals surface area contributed by atoms with Gasteiger partial charge in [-0.3, -0.25) is 9.59 Å². The monoisotopic (exact) mass is 412 g/mol. The maximum atomic E-state index is 13.6. The van der Waals surface area contributed by atoms with Crippen LogP contribution in [0.1, 0.15) is 28.1 Å². The van der Waals surface area contributed by atoms with Crippen molar-refractivity contribution in [2.45, 2.75) is 19.4 Å². The Morgan fingerprint density at radius 2 is 2.04 bits per heavy atom. The first kappa shape index (κ1) is 21.1. The third kappa shape index (κ3) is 6.45. The van der Waals surface area contributed by atoms with Gasteiger partial charge in [-0.15, -0.1) is 17.9 Å². The topological polar surface area (TPSA) is 49.4 Å². The van der Waals surface area contributed by atoms with Gasteiger partial charge in [-0.05, 0) is 30.7 Å². The summed E-state index contributed by atoms with van der Waals surface area (Å²) in [5.74, 6) is -2.39. The molecular weight excluding hydrogens is 394 g/mol. The molecule has 0 fully saturated rings. The van der Waals surface area contributed by atoms with E-state index in [4.69, 9.17) is 11.6 Å². The highest BCUT2D eigenvalue weighted by Crippen LogP contribution is 2.23. The molecule has 0 saturated carbocycles. The van der Waals surface area contributed by atoms with Gasteiger partial charge in [0.25, 0.3) is 5.91 Å². The molecule has 1 heterocycles. The fraction of sp³-hybridized carbons (Fsp3) is 0.263. The van der Waals surface area contributed by atoms with Crippen LogP contribution >= 0.6 is 22.9 Å². The van der Waals surface area contributed by atoms with E-state index in [1.807, 2.05) is 6.07 Å². The molecule has 1 N–H and O–H groups in total. The number of hydrogen-bond acceptors (Lipinski definition) is 3. The van der Waals surface area contributed by atoms with E-state index < -0.39 is 17.5 Å². The molecule has 8 heteroatoms. The summed E-state index contributed by atoms with van der Waals surface area (Å²) in [6.07, 6.45) is 2.26. The third-order valence-electron chi connectivity index (χ3n) is 3.71. The summed E-state index contributed by atoms with van der Waals surface area (Å²) >= 11 is 7.32. The molecule has 0 bridgehead atoms. The van der Waals surface area contributed by atoms with Gasteiger partial charge in [0.05, 0.1) is 16.4 Å². The fourth-order valence-corrected chi connectivity index (χ4v) is 3.51. The smallest absolute Gasteiger partial charge is 0.254 e. The molecule has 0 unspecified atom stereocenters. The molecule has 0 aliphatic rings. The van der Waals surface area contributed by atoms with Gasteiger partial charge in [0, 0.05) is 30.5 Å². The highest BCUT2D eigenvalue weighted by Gasteiger charge is 2.15. The predicted molar refractivity (Wildman–Crippen MR) is 103 cm³/mol. The first-order valence-electron chi connectivity index (χ1n) is 8.27. The summed E-state index contributed by atoms with van der Waals surface area (Å²) in [6.45, 7) is 4.71. The first-order valence-corrected chi connectivity index (χ1v) is 9.46. The number of hydrogen-bond donors (Lipinski definition) is 1. The number of amides is 2. The van der Waals surface area contributed by atoms with Crippen molar-refractivity contribution in [2.24, 2.45) is 0 Å². The Hall–Kier alpha value is -2.25. The molecule has 2 rings (SSSR count). The largest absolute Gasteiger partial charge is 0.352 e. The molecular formula is C19H19ClF2N2O2S. The Balaban J connectivity index is 1.80. The van der Waals surface area contributed by atoms with Crippen LogP contribution in [0.15, 0.2) is 43.0 Å². The van der Waals surface area contributed by atoms with Crippen LogP contribution in [0.25, 0.3) is 0 Å². The standard InChI is InChI=1S/C19H19ClF2N2O2S/c1-2-10-24(12-14-6-8-17(20)27-14)18(25)4-3-9-23-19(26)15-7-5-13(21)11-16(15)22/h2,5-8,11H,1,3-4,9-10,12H2,(H,23,26). The maximum absolute atomic E-state index is 13.6. The van der Waals surface area contributed by atoms with E-state index in [1.54, 1.807) is 17.0 Å².